The SMILES string of the molecule is CCC1=CCC(C)(N)C=C1. The van der Waals surface area contributed by atoms with Gasteiger partial charge in [-0.1, -0.05) is 30.7 Å². The number of nitrogens with two attached hydrogens (primary N) is 1. The molecule has 1 aliphatic rings. The summed E-state index contributed by atoms with van der Waals surface area (Å²) in [4.78, 5) is 0. The third-order valence-corrected chi connectivity index (χ3v) is 1.89. The highest BCUT2D eigenvalue weighted by molar-refractivity contribution is 5.27. The summed E-state index contributed by atoms with van der Waals surface area (Å²) in [7, 11) is 0. The highest BCUT2D eigenvalue weighted by Gasteiger charge is 2.15. The fourth-order valence-electron chi connectivity index (χ4n) is 1.05. The van der Waals surface area contributed by atoms with Gasteiger partial charge in [0.15, 0.2) is 0 Å². The fourth-order valence-corrected chi connectivity index (χ4v) is 1.05. The molecule has 0 bridgehead atoms. The average Bonchev–Trinajstić information content (AvgIpc) is 1.88. The summed E-state index contributed by atoms with van der Waals surface area (Å²) in [5.41, 5.74) is 7.17. The Balaban J connectivity index is 2.63. The lowest BCUT2D eigenvalue weighted by Crippen LogP contribution is -2.33. The zero-order valence-electron chi connectivity index (χ0n) is 6.72. The van der Waals surface area contributed by atoms with Crippen LogP contribution in [-0.2, 0) is 0 Å². The molecule has 1 atom stereocenters. The van der Waals surface area contributed by atoms with Crippen molar-refractivity contribution in [2.75, 3.05) is 0 Å². The summed E-state index contributed by atoms with van der Waals surface area (Å²) in [6, 6.07) is 0. The Morgan fingerprint density at radius 3 is 2.80 bits per heavy atom. The van der Waals surface area contributed by atoms with E-state index in [4.69, 9.17) is 5.73 Å². The molecule has 1 aliphatic carbocycles. The molecule has 56 valence electrons. The first-order valence-electron chi connectivity index (χ1n) is 3.81. The number of allylic oxidation sites excluding steroid dienone is 2. The second-order valence-corrected chi connectivity index (χ2v) is 3.18. The van der Waals surface area contributed by atoms with Crippen molar-refractivity contribution in [1.29, 1.82) is 0 Å². The maximum absolute atomic E-state index is 5.86. The van der Waals surface area contributed by atoms with E-state index in [0.717, 1.165) is 12.8 Å². The van der Waals surface area contributed by atoms with E-state index in [1.165, 1.54) is 5.57 Å². The van der Waals surface area contributed by atoms with Crippen molar-refractivity contribution in [1.82, 2.24) is 0 Å². The van der Waals surface area contributed by atoms with E-state index in [0.29, 0.717) is 0 Å². The molecule has 0 saturated heterocycles. The predicted octanol–water partition coefficient (Wildman–Crippen LogP) is 2.00. The van der Waals surface area contributed by atoms with Crippen molar-refractivity contribution in [3.8, 4) is 0 Å². The standard InChI is InChI=1S/C9H15N/c1-3-8-4-6-9(2,10)7-5-8/h4-6H,3,7,10H2,1-2H3. The van der Waals surface area contributed by atoms with Gasteiger partial charge in [-0.3, -0.25) is 0 Å². The first-order chi connectivity index (χ1) is 4.64. The number of hydrogen-bond acceptors (Lipinski definition) is 1. The van der Waals surface area contributed by atoms with Gasteiger partial charge in [0, 0.05) is 5.54 Å². The Bertz CT molecular complexity index is 175. The second-order valence-electron chi connectivity index (χ2n) is 3.18. The van der Waals surface area contributed by atoms with Gasteiger partial charge in [-0.15, -0.1) is 0 Å². The van der Waals surface area contributed by atoms with Crippen LogP contribution in [0, 0.1) is 0 Å². The highest BCUT2D eigenvalue weighted by atomic mass is 14.7. The minimum absolute atomic E-state index is 0.0985. The maximum Gasteiger partial charge on any atom is 0.0348 e. The maximum atomic E-state index is 5.86. The van der Waals surface area contributed by atoms with Crippen LogP contribution in [0.1, 0.15) is 26.7 Å². The molecular weight excluding hydrogens is 122 g/mol. The highest BCUT2D eigenvalue weighted by Crippen LogP contribution is 2.18. The third-order valence-electron chi connectivity index (χ3n) is 1.89. The molecule has 0 fully saturated rings. The molecule has 1 nitrogen and oxygen atoms in total. The zero-order chi connectivity index (χ0) is 7.61. The zero-order valence-corrected chi connectivity index (χ0v) is 6.72. The van der Waals surface area contributed by atoms with Crippen LogP contribution >= 0.6 is 0 Å². The first-order valence-corrected chi connectivity index (χ1v) is 3.81. The molecule has 0 radical (unpaired) electrons. The fraction of sp³-hybridized carbons (Fsp3) is 0.556. The van der Waals surface area contributed by atoms with Gasteiger partial charge in [-0.05, 0) is 19.8 Å². The predicted molar refractivity (Wildman–Crippen MR) is 44.7 cm³/mol. The summed E-state index contributed by atoms with van der Waals surface area (Å²) in [6.45, 7) is 4.21. The van der Waals surface area contributed by atoms with E-state index in [1.807, 2.05) is 6.92 Å². The largest absolute Gasteiger partial charge is 0.322 e. The van der Waals surface area contributed by atoms with Gasteiger partial charge in [-0.25, -0.2) is 0 Å². The summed E-state index contributed by atoms with van der Waals surface area (Å²) < 4.78 is 0. The number of rotatable bonds is 1. The van der Waals surface area contributed by atoms with Crippen LogP contribution in [0.3, 0.4) is 0 Å². The van der Waals surface area contributed by atoms with Crippen molar-refractivity contribution in [2.45, 2.75) is 32.2 Å². The van der Waals surface area contributed by atoms with Crippen molar-refractivity contribution < 1.29 is 0 Å². The van der Waals surface area contributed by atoms with Gasteiger partial charge in [0.2, 0.25) is 0 Å². The molecular formula is C9H15N. The molecule has 1 unspecified atom stereocenters. The van der Waals surface area contributed by atoms with Gasteiger partial charge >= 0.3 is 0 Å². The van der Waals surface area contributed by atoms with E-state index in [-0.39, 0.29) is 5.54 Å². The van der Waals surface area contributed by atoms with Gasteiger partial charge in [0.05, 0.1) is 0 Å². The van der Waals surface area contributed by atoms with Crippen LogP contribution in [0.25, 0.3) is 0 Å². The Morgan fingerprint density at radius 2 is 2.40 bits per heavy atom. The summed E-state index contributed by atoms with van der Waals surface area (Å²) >= 11 is 0. The molecule has 0 aromatic heterocycles. The van der Waals surface area contributed by atoms with Crippen LogP contribution in [0.2, 0.25) is 0 Å². The van der Waals surface area contributed by atoms with E-state index < -0.39 is 0 Å². The van der Waals surface area contributed by atoms with Crippen LogP contribution < -0.4 is 5.73 Å². The Morgan fingerprint density at radius 1 is 1.70 bits per heavy atom. The van der Waals surface area contributed by atoms with E-state index in [9.17, 15) is 0 Å². The van der Waals surface area contributed by atoms with Gasteiger partial charge < -0.3 is 5.73 Å². The van der Waals surface area contributed by atoms with Crippen LogP contribution in [0.4, 0.5) is 0 Å². The molecule has 1 heteroatoms. The third kappa shape index (κ3) is 1.71. The van der Waals surface area contributed by atoms with Gasteiger partial charge in [0.1, 0.15) is 0 Å². The Labute approximate surface area is 62.6 Å². The molecule has 0 amide bonds. The van der Waals surface area contributed by atoms with E-state index >= 15 is 0 Å². The number of hydrogen-bond donors (Lipinski definition) is 1. The topological polar surface area (TPSA) is 26.0 Å². The van der Waals surface area contributed by atoms with Crippen LogP contribution in [0.15, 0.2) is 23.8 Å². The molecule has 0 aromatic rings. The van der Waals surface area contributed by atoms with Gasteiger partial charge in [0.25, 0.3) is 0 Å². The molecule has 0 heterocycles. The molecule has 0 aliphatic heterocycles. The molecule has 0 aromatic carbocycles. The lowest BCUT2D eigenvalue weighted by molar-refractivity contribution is 0.585. The second kappa shape index (κ2) is 2.59. The molecule has 0 saturated carbocycles. The lowest BCUT2D eigenvalue weighted by Gasteiger charge is -2.22. The summed E-state index contributed by atoms with van der Waals surface area (Å²) in [5.74, 6) is 0. The van der Waals surface area contributed by atoms with Crippen LogP contribution in [-0.4, -0.2) is 5.54 Å². The minimum atomic E-state index is -0.0985. The minimum Gasteiger partial charge on any atom is -0.322 e. The van der Waals surface area contributed by atoms with Crippen molar-refractivity contribution >= 4 is 0 Å². The quantitative estimate of drug-likeness (QED) is 0.587. The first kappa shape index (κ1) is 7.55. The molecule has 2 N–H and O–H groups in total. The Kier molecular flexibility index (Phi) is 1.95. The van der Waals surface area contributed by atoms with Crippen molar-refractivity contribution in [3.63, 3.8) is 0 Å². The lowest BCUT2D eigenvalue weighted by atomic mass is 9.91. The van der Waals surface area contributed by atoms with Crippen LogP contribution in [0.5, 0.6) is 0 Å². The summed E-state index contributed by atoms with van der Waals surface area (Å²) in [6.07, 6.45) is 8.54. The van der Waals surface area contributed by atoms with Crippen molar-refractivity contribution in [3.05, 3.63) is 23.8 Å². The molecule has 1 rings (SSSR count). The summed E-state index contributed by atoms with van der Waals surface area (Å²) in [5, 5.41) is 0. The molecule has 10 heavy (non-hydrogen) atoms. The van der Waals surface area contributed by atoms with E-state index in [1.54, 1.807) is 0 Å². The smallest absolute Gasteiger partial charge is 0.0348 e. The van der Waals surface area contributed by atoms with Crippen molar-refractivity contribution in [2.24, 2.45) is 5.73 Å². The molecule has 0 spiro atoms. The van der Waals surface area contributed by atoms with E-state index in [2.05, 4.69) is 25.2 Å². The normalized spacial score (nSPS) is 32.1. The Hall–Kier alpha value is -0.560. The average molecular weight is 137 g/mol. The van der Waals surface area contributed by atoms with Gasteiger partial charge in [-0.2, -0.15) is 0 Å². The monoisotopic (exact) mass is 137 g/mol.